The number of halogens is 1. The highest BCUT2D eigenvalue weighted by Crippen LogP contribution is 2.49. The average Bonchev–Trinajstić information content (AvgIpc) is 4.03. The lowest BCUT2D eigenvalue weighted by atomic mass is 9.92. The van der Waals surface area contributed by atoms with E-state index in [0.717, 1.165) is 51.3 Å². The Morgan fingerprint density at radius 1 is 1.02 bits per heavy atom. The van der Waals surface area contributed by atoms with Crippen LogP contribution in [-0.2, 0) is 20.9 Å². The van der Waals surface area contributed by atoms with E-state index in [1.807, 2.05) is 11.0 Å². The van der Waals surface area contributed by atoms with Crippen LogP contribution in [0, 0.1) is 11.7 Å². The van der Waals surface area contributed by atoms with Crippen LogP contribution < -0.4 is 20.4 Å². The molecule has 0 radical (unpaired) electrons. The molecule has 3 N–H and O–H groups in total. The molecule has 10 rings (SSSR count). The number of benzene rings is 2. The van der Waals surface area contributed by atoms with E-state index in [4.69, 9.17) is 4.74 Å². The van der Waals surface area contributed by atoms with E-state index in [1.165, 1.54) is 22.9 Å². The number of phenolic OH excluding ortho intramolecular Hbond substituents is 1. The molecule has 1 aromatic heterocycles. The van der Waals surface area contributed by atoms with Gasteiger partial charge in [0.05, 0.1) is 29.0 Å². The number of piperidine rings is 2. The Balaban J connectivity index is 0.716. The van der Waals surface area contributed by atoms with E-state index < -0.39 is 11.6 Å². The normalized spacial score (nSPS) is 27.2. The number of aromatic nitrogens is 2. The van der Waals surface area contributed by atoms with Gasteiger partial charge in [-0.05, 0) is 80.5 Å². The Morgan fingerprint density at radius 2 is 1.86 bits per heavy atom. The number of nitrogens with zero attached hydrogens (tertiary/aromatic N) is 8. The molecular formula is C42H51FN10O5. The molecule has 8 heterocycles. The van der Waals surface area contributed by atoms with Crippen LogP contribution in [0.25, 0.3) is 11.3 Å². The lowest BCUT2D eigenvalue weighted by Gasteiger charge is -2.51. The summed E-state index contributed by atoms with van der Waals surface area (Å²) < 4.78 is 20.2. The molecule has 0 saturated carbocycles. The van der Waals surface area contributed by atoms with Gasteiger partial charge < -0.3 is 34.8 Å². The number of urea groups is 1. The van der Waals surface area contributed by atoms with E-state index >= 15 is 0 Å². The number of rotatable bonds is 5. The summed E-state index contributed by atoms with van der Waals surface area (Å²) in [6.07, 6.45) is 2.99. The third-order valence-electron chi connectivity index (χ3n) is 13.5. The van der Waals surface area contributed by atoms with Crippen LogP contribution >= 0.6 is 0 Å². The van der Waals surface area contributed by atoms with Gasteiger partial charge in [0.15, 0.2) is 17.4 Å². The molecule has 58 heavy (non-hydrogen) atoms. The van der Waals surface area contributed by atoms with Gasteiger partial charge in [0, 0.05) is 89.7 Å². The molecule has 5 saturated heterocycles. The quantitative estimate of drug-likeness (QED) is 0.257. The van der Waals surface area contributed by atoms with Crippen molar-refractivity contribution in [1.82, 2.24) is 35.1 Å². The van der Waals surface area contributed by atoms with Crippen molar-refractivity contribution in [2.24, 2.45) is 5.92 Å². The van der Waals surface area contributed by atoms with Crippen LogP contribution in [0.2, 0.25) is 0 Å². The van der Waals surface area contributed by atoms with Gasteiger partial charge in [0.25, 0.3) is 0 Å². The minimum atomic E-state index is -0.704. The number of epoxide rings is 1. The molecule has 3 unspecified atom stereocenters. The topological polar surface area (TPSA) is 153 Å². The first-order valence-corrected chi connectivity index (χ1v) is 20.8. The molecule has 306 valence electrons. The first-order chi connectivity index (χ1) is 28.0. The van der Waals surface area contributed by atoms with E-state index in [0.29, 0.717) is 75.1 Å². The summed E-state index contributed by atoms with van der Waals surface area (Å²) in [5.41, 5.74) is 4.85. The fourth-order valence-corrected chi connectivity index (χ4v) is 10.3. The van der Waals surface area contributed by atoms with Crippen molar-refractivity contribution in [3.8, 4) is 17.0 Å². The first kappa shape index (κ1) is 37.2. The lowest BCUT2D eigenvalue weighted by molar-refractivity contribution is -0.138. The van der Waals surface area contributed by atoms with Gasteiger partial charge in [-0.2, -0.15) is 0 Å². The molecule has 4 amide bonds. The van der Waals surface area contributed by atoms with Crippen LogP contribution in [0.1, 0.15) is 56.8 Å². The van der Waals surface area contributed by atoms with Crippen molar-refractivity contribution in [2.45, 2.75) is 76.0 Å². The van der Waals surface area contributed by atoms with Crippen molar-refractivity contribution < 1.29 is 28.6 Å². The number of para-hydroxylation sites is 1. The van der Waals surface area contributed by atoms with Crippen LogP contribution in [0.4, 0.5) is 26.4 Å². The Morgan fingerprint density at radius 3 is 2.67 bits per heavy atom. The largest absolute Gasteiger partial charge is 0.504 e. The Labute approximate surface area is 337 Å². The van der Waals surface area contributed by atoms with Crippen molar-refractivity contribution in [1.29, 1.82) is 0 Å². The zero-order valence-corrected chi connectivity index (χ0v) is 33.1. The third kappa shape index (κ3) is 6.68. The minimum Gasteiger partial charge on any atom is -0.504 e. The van der Waals surface area contributed by atoms with Gasteiger partial charge in [-0.15, -0.1) is 10.2 Å². The number of amides is 4. The third-order valence-corrected chi connectivity index (χ3v) is 13.5. The number of piperazine rings is 2. The highest BCUT2D eigenvalue weighted by molar-refractivity contribution is 6.00. The highest BCUT2D eigenvalue weighted by atomic mass is 19.1. The van der Waals surface area contributed by atoms with Crippen molar-refractivity contribution >= 4 is 35.0 Å². The fourth-order valence-electron chi connectivity index (χ4n) is 10.3. The summed E-state index contributed by atoms with van der Waals surface area (Å²) in [6, 6.07) is 12.7. The molecule has 0 spiro atoms. The Hall–Kier alpha value is -5.06. The van der Waals surface area contributed by atoms with Gasteiger partial charge >= 0.3 is 6.03 Å². The maximum Gasteiger partial charge on any atom is 0.320 e. The number of carbonyl (C=O) groups excluding carboxylic acids is 3. The van der Waals surface area contributed by atoms with E-state index in [-0.39, 0.29) is 47.8 Å². The van der Waals surface area contributed by atoms with Gasteiger partial charge in [0.1, 0.15) is 12.3 Å². The van der Waals surface area contributed by atoms with Crippen LogP contribution in [-0.4, -0.2) is 142 Å². The monoisotopic (exact) mass is 794 g/mol. The maximum absolute atomic E-state index is 14.2. The smallest absolute Gasteiger partial charge is 0.320 e. The number of hydrogen-bond acceptors (Lipinski definition) is 12. The molecule has 15 nitrogen and oxygen atoms in total. The number of anilines is 3. The molecule has 4 atom stereocenters. The van der Waals surface area contributed by atoms with Gasteiger partial charge in [-0.25, -0.2) is 9.18 Å². The van der Waals surface area contributed by atoms with Gasteiger partial charge in [-0.1, -0.05) is 12.1 Å². The molecule has 7 aliphatic rings. The molecule has 3 aromatic rings. The minimum absolute atomic E-state index is 0.0259. The number of ether oxygens (including phenoxy) is 1. The number of carbonyl (C=O) groups is 3. The number of phenols is 1. The molecule has 7 aliphatic heterocycles. The summed E-state index contributed by atoms with van der Waals surface area (Å²) >= 11 is 0. The van der Waals surface area contributed by atoms with Crippen molar-refractivity contribution in [2.75, 3.05) is 80.6 Å². The molecule has 0 bridgehead atoms. The number of imide groups is 1. The first-order valence-electron chi connectivity index (χ1n) is 20.8. The molecule has 2 aromatic carbocycles. The zero-order valence-electron chi connectivity index (χ0n) is 33.1. The number of fused-ring (bicyclic) bond motifs is 6. The summed E-state index contributed by atoms with van der Waals surface area (Å²) in [5, 5.41) is 24.8. The van der Waals surface area contributed by atoms with Gasteiger partial charge in [-0.3, -0.25) is 24.7 Å². The predicted octanol–water partition coefficient (Wildman–Crippen LogP) is 3.36. The van der Waals surface area contributed by atoms with Crippen LogP contribution in [0.5, 0.6) is 5.75 Å². The van der Waals surface area contributed by atoms with Crippen molar-refractivity contribution in [3.63, 3.8) is 0 Å². The lowest BCUT2D eigenvalue weighted by Crippen LogP contribution is -2.67. The molecule has 16 heteroatoms. The Bertz CT molecular complexity index is 2150. The number of nitrogens with one attached hydrogen (secondary N) is 2. The molecule has 5 fully saturated rings. The van der Waals surface area contributed by atoms with Gasteiger partial charge in [0.2, 0.25) is 11.8 Å². The summed E-state index contributed by atoms with van der Waals surface area (Å²) in [7, 11) is 0. The maximum atomic E-state index is 14.2. The van der Waals surface area contributed by atoms with E-state index in [1.54, 1.807) is 12.1 Å². The second-order valence-electron chi connectivity index (χ2n) is 17.7. The number of aromatic hydroxyl groups is 1. The second kappa shape index (κ2) is 14.3. The summed E-state index contributed by atoms with van der Waals surface area (Å²) in [5.74, 6) is -0.327. The SMILES string of the molecule is CC1(C)CN(CC2CCN(c3ccc4c(c3)C3OC3N(C3CCC(=O)NC3=O)C4)CC2)CCN1C(=O)N1CCN2c3cc(-c4cccc(F)c4O)nnc3NC[C@H]2C1. The van der Waals surface area contributed by atoms with E-state index in [2.05, 4.69) is 77.4 Å². The predicted molar refractivity (Wildman–Crippen MR) is 214 cm³/mol. The molecule has 0 aliphatic carbocycles. The second-order valence-corrected chi connectivity index (χ2v) is 17.7. The van der Waals surface area contributed by atoms with Crippen LogP contribution in [0.15, 0.2) is 42.5 Å². The zero-order chi connectivity index (χ0) is 39.9. The van der Waals surface area contributed by atoms with E-state index in [9.17, 15) is 23.9 Å². The van der Waals surface area contributed by atoms with Crippen LogP contribution in [0.3, 0.4) is 0 Å². The average molecular weight is 795 g/mol. The molecular weight excluding hydrogens is 744 g/mol. The Kier molecular flexibility index (Phi) is 9.21. The summed E-state index contributed by atoms with van der Waals surface area (Å²) in [6.45, 7) is 12.8. The fraction of sp³-hybridized carbons (Fsp3) is 0.548. The standard InChI is InChI=1S/C42H51FN10O5/c1-42(2)24-48(21-25-10-12-49(13-11-25)27-7-6-26-22-52(40-37(58-40)30(26)18-27)33-8-9-35(54)45-39(33)56)14-17-53(42)41(57)50-15-16-51-28(23-50)20-44-38-34(51)19-32(46-47-38)29-4-3-5-31(43)36(29)55/h3-7,18-19,25,28,33,37,40,55H,8-17,20-24H2,1-2H3,(H,44,47)(H,45,54,56)/t28-,33?,37?,40?/m0/s1. The summed E-state index contributed by atoms with van der Waals surface area (Å²) in [4.78, 5) is 51.9. The van der Waals surface area contributed by atoms with Crippen molar-refractivity contribution in [3.05, 3.63) is 59.4 Å². The highest BCUT2D eigenvalue weighted by Gasteiger charge is 2.53. The number of hydrogen-bond donors (Lipinski definition) is 3.